The van der Waals surface area contributed by atoms with Gasteiger partial charge in [-0.05, 0) is 38.3 Å². The van der Waals surface area contributed by atoms with Crippen LogP contribution >= 0.6 is 0 Å². The molecule has 2 N–H and O–H groups in total. The van der Waals surface area contributed by atoms with Crippen molar-refractivity contribution in [2.75, 3.05) is 26.2 Å². The molecule has 2 heterocycles. The monoisotopic (exact) mass is 384 g/mol. The number of rotatable bonds is 5. The fourth-order valence-corrected chi connectivity index (χ4v) is 3.55. The second-order valence-electron chi connectivity index (χ2n) is 7.51. The number of hydrogen-bond acceptors (Lipinski definition) is 3. The van der Waals surface area contributed by atoms with Gasteiger partial charge < -0.3 is 20.1 Å². The minimum Gasteiger partial charge on any atom is -0.361 e. The SMILES string of the molecule is CC(C)NC(=O)C(=O)N1CCN(C(=O)CCCc2c[nH]c3ccccc23)CC1. The summed E-state index contributed by atoms with van der Waals surface area (Å²) in [5, 5.41) is 3.82. The summed E-state index contributed by atoms with van der Waals surface area (Å²) in [6.07, 6.45) is 4.14. The summed E-state index contributed by atoms with van der Waals surface area (Å²) in [6.45, 7) is 5.40. The van der Waals surface area contributed by atoms with Gasteiger partial charge in [0.15, 0.2) is 0 Å². The summed E-state index contributed by atoms with van der Waals surface area (Å²) in [5.74, 6) is -0.979. The van der Waals surface area contributed by atoms with Crippen molar-refractivity contribution in [3.8, 4) is 0 Å². The average molecular weight is 384 g/mol. The second kappa shape index (κ2) is 8.91. The fraction of sp³-hybridized carbons (Fsp3) is 0.476. The van der Waals surface area contributed by atoms with Gasteiger partial charge in [0.05, 0.1) is 0 Å². The first-order valence-corrected chi connectivity index (χ1v) is 9.88. The zero-order valence-electron chi connectivity index (χ0n) is 16.5. The van der Waals surface area contributed by atoms with Crippen molar-refractivity contribution in [2.45, 2.75) is 39.2 Å². The van der Waals surface area contributed by atoms with E-state index in [0.717, 1.165) is 18.4 Å². The van der Waals surface area contributed by atoms with Crippen LogP contribution in [0.5, 0.6) is 0 Å². The van der Waals surface area contributed by atoms with Crippen LogP contribution in [0.25, 0.3) is 10.9 Å². The van der Waals surface area contributed by atoms with Crippen molar-refractivity contribution in [1.82, 2.24) is 20.1 Å². The molecule has 0 spiro atoms. The maximum absolute atomic E-state index is 12.5. The van der Waals surface area contributed by atoms with Gasteiger partial charge in [0.2, 0.25) is 5.91 Å². The van der Waals surface area contributed by atoms with Crippen LogP contribution in [-0.2, 0) is 20.8 Å². The van der Waals surface area contributed by atoms with Crippen molar-refractivity contribution in [3.63, 3.8) is 0 Å². The zero-order valence-corrected chi connectivity index (χ0v) is 16.5. The topological polar surface area (TPSA) is 85.5 Å². The molecule has 0 unspecified atom stereocenters. The number of aryl methyl sites for hydroxylation is 1. The highest BCUT2D eigenvalue weighted by Crippen LogP contribution is 2.19. The predicted molar refractivity (Wildman–Crippen MR) is 108 cm³/mol. The van der Waals surface area contributed by atoms with Crippen molar-refractivity contribution in [2.24, 2.45) is 0 Å². The smallest absolute Gasteiger partial charge is 0.312 e. The molecule has 28 heavy (non-hydrogen) atoms. The van der Waals surface area contributed by atoms with Crippen molar-refractivity contribution in [3.05, 3.63) is 36.0 Å². The van der Waals surface area contributed by atoms with E-state index in [1.165, 1.54) is 15.8 Å². The Bertz CT molecular complexity index is 850. The Kier molecular flexibility index (Phi) is 6.34. The van der Waals surface area contributed by atoms with E-state index in [1.807, 2.05) is 38.2 Å². The molecule has 3 amide bonds. The fourth-order valence-electron chi connectivity index (χ4n) is 3.55. The number of benzene rings is 1. The minimum absolute atomic E-state index is 0.0727. The highest BCUT2D eigenvalue weighted by molar-refractivity contribution is 6.35. The van der Waals surface area contributed by atoms with Crippen LogP contribution in [-0.4, -0.2) is 64.7 Å². The molecule has 1 fully saturated rings. The molecule has 1 aromatic heterocycles. The molecule has 1 saturated heterocycles. The average Bonchev–Trinajstić information content (AvgIpc) is 3.10. The summed E-state index contributed by atoms with van der Waals surface area (Å²) >= 11 is 0. The lowest BCUT2D eigenvalue weighted by atomic mass is 10.1. The maximum Gasteiger partial charge on any atom is 0.312 e. The Morgan fingerprint density at radius 1 is 1.07 bits per heavy atom. The Hall–Kier alpha value is -2.83. The summed E-state index contributed by atoms with van der Waals surface area (Å²) in [6, 6.07) is 8.09. The van der Waals surface area contributed by atoms with E-state index in [2.05, 4.69) is 16.4 Å². The number of carbonyl (C=O) groups is 3. The number of nitrogens with one attached hydrogen (secondary N) is 2. The van der Waals surface area contributed by atoms with E-state index in [9.17, 15) is 14.4 Å². The van der Waals surface area contributed by atoms with E-state index >= 15 is 0 Å². The van der Waals surface area contributed by atoms with Crippen LogP contribution in [0, 0.1) is 0 Å². The minimum atomic E-state index is -0.575. The third-order valence-corrected chi connectivity index (χ3v) is 5.05. The van der Waals surface area contributed by atoms with Gasteiger partial charge in [0.25, 0.3) is 0 Å². The molecule has 0 atom stereocenters. The molecule has 7 nitrogen and oxygen atoms in total. The van der Waals surface area contributed by atoms with E-state index < -0.39 is 11.8 Å². The quantitative estimate of drug-likeness (QED) is 0.769. The Labute approximate surface area is 165 Å². The Balaban J connectivity index is 1.43. The van der Waals surface area contributed by atoms with Gasteiger partial charge in [-0.3, -0.25) is 14.4 Å². The van der Waals surface area contributed by atoms with Gasteiger partial charge in [0.1, 0.15) is 0 Å². The number of nitrogens with zero attached hydrogens (tertiary/aromatic N) is 2. The summed E-state index contributed by atoms with van der Waals surface area (Å²) in [4.78, 5) is 43.0. The molecule has 0 aliphatic carbocycles. The third-order valence-electron chi connectivity index (χ3n) is 5.05. The molecule has 0 bridgehead atoms. The first kappa shape index (κ1) is 19.9. The molecule has 2 aromatic rings. The molecule has 1 aliphatic heterocycles. The number of aromatic nitrogens is 1. The van der Waals surface area contributed by atoms with Gasteiger partial charge in [-0.15, -0.1) is 0 Å². The number of fused-ring (bicyclic) bond motifs is 1. The third kappa shape index (κ3) is 4.71. The standard InChI is InChI=1S/C21H28N4O3/c1-15(2)23-20(27)21(28)25-12-10-24(11-13-25)19(26)9-5-6-16-14-22-18-8-4-3-7-17(16)18/h3-4,7-8,14-15,22H,5-6,9-13H2,1-2H3,(H,23,27). The van der Waals surface area contributed by atoms with Crippen molar-refractivity contribution < 1.29 is 14.4 Å². The van der Waals surface area contributed by atoms with Crippen LogP contribution in [0.15, 0.2) is 30.5 Å². The number of carbonyl (C=O) groups excluding carboxylic acids is 3. The molecule has 0 saturated carbocycles. The van der Waals surface area contributed by atoms with Gasteiger partial charge >= 0.3 is 11.8 Å². The molecule has 3 rings (SSSR count). The van der Waals surface area contributed by atoms with E-state index in [1.54, 1.807) is 4.90 Å². The molecule has 0 radical (unpaired) electrons. The van der Waals surface area contributed by atoms with Gasteiger partial charge in [-0.25, -0.2) is 0 Å². The number of para-hydroxylation sites is 1. The molecule has 1 aliphatic rings. The largest absolute Gasteiger partial charge is 0.361 e. The first-order chi connectivity index (χ1) is 13.5. The molecule has 1 aromatic carbocycles. The molecule has 7 heteroatoms. The molecule has 150 valence electrons. The number of aromatic amines is 1. The van der Waals surface area contributed by atoms with Crippen LogP contribution in [0.2, 0.25) is 0 Å². The van der Waals surface area contributed by atoms with E-state index in [-0.39, 0.29) is 11.9 Å². The Morgan fingerprint density at radius 2 is 1.75 bits per heavy atom. The highest BCUT2D eigenvalue weighted by Gasteiger charge is 2.27. The number of piperazine rings is 1. The lowest BCUT2D eigenvalue weighted by Crippen LogP contribution is -2.54. The number of H-pyrrole nitrogens is 1. The summed E-state index contributed by atoms with van der Waals surface area (Å²) < 4.78 is 0. The Morgan fingerprint density at radius 3 is 2.46 bits per heavy atom. The summed E-state index contributed by atoms with van der Waals surface area (Å²) in [7, 11) is 0. The van der Waals surface area contributed by atoms with E-state index in [4.69, 9.17) is 0 Å². The highest BCUT2D eigenvalue weighted by atomic mass is 16.2. The van der Waals surface area contributed by atoms with Crippen LogP contribution in [0.4, 0.5) is 0 Å². The van der Waals surface area contributed by atoms with E-state index in [0.29, 0.717) is 32.6 Å². The molecular weight excluding hydrogens is 356 g/mol. The normalized spacial score (nSPS) is 14.5. The van der Waals surface area contributed by atoms with Gasteiger partial charge in [-0.2, -0.15) is 0 Å². The molecular formula is C21H28N4O3. The second-order valence-corrected chi connectivity index (χ2v) is 7.51. The van der Waals surface area contributed by atoms with Gasteiger partial charge in [-0.1, -0.05) is 18.2 Å². The maximum atomic E-state index is 12.5. The van der Waals surface area contributed by atoms with Crippen molar-refractivity contribution in [1.29, 1.82) is 0 Å². The van der Waals surface area contributed by atoms with Crippen LogP contribution in [0.1, 0.15) is 32.3 Å². The number of hydrogen-bond donors (Lipinski definition) is 2. The van der Waals surface area contributed by atoms with Crippen LogP contribution in [0.3, 0.4) is 0 Å². The predicted octanol–water partition coefficient (Wildman–Crippen LogP) is 1.69. The zero-order chi connectivity index (χ0) is 20.1. The number of amides is 3. The lowest BCUT2D eigenvalue weighted by molar-refractivity contribution is -0.148. The lowest BCUT2D eigenvalue weighted by Gasteiger charge is -2.34. The summed E-state index contributed by atoms with van der Waals surface area (Å²) in [5.41, 5.74) is 2.35. The van der Waals surface area contributed by atoms with Gasteiger partial charge in [0, 0.05) is 55.7 Å². The van der Waals surface area contributed by atoms with Crippen LogP contribution < -0.4 is 5.32 Å². The van der Waals surface area contributed by atoms with Crippen molar-refractivity contribution >= 4 is 28.6 Å². The first-order valence-electron chi connectivity index (χ1n) is 9.88.